The highest BCUT2D eigenvalue weighted by molar-refractivity contribution is 7.71. The van der Waals surface area contributed by atoms with Crippen molar-refractivity contribution in [1.82, 2.24) is 19.7 Å². The Hall–Kier alpha value is -0.680. The molecular formula is C16H28N4S. The van der Waals surface area contributed by atoms with Crippen LogP contribution < -0.4 is 0 Å². The average Bonchev–Trinajstić information content (AvgIpc) is 2.81. The minimum atomic E-state index is 0.0219. The molecule has 21 heavy (non-hydrogen) atoms. The summed E-state index contributed by atoms with van der Waals surface area (Å²) < 4.78 is 2.75. The Balaban J connectivity index is 1.76. The Kier molecular flexibility index (Phi) is 4.23. The summed E-state index contributed by atoms with van der Waals surface area (Å²) in [5, 5.41) is 3.42. The van der Waals surface area contributed by atoms with Gasteiger partial charge in [0.05, 0.1) is 6.67 Å². The number of nitrogens with zero attached hydrogens (tertiary/aromatic N) is 3. The number of nitrogens with one attached hydrogen (secondary N) is 1. The summed E-state index contributed by atoms with van der Waals surface area (Å²) in [7, 11) is 0. The van der Waals surface area contributed by atoms with Gasteiger partial charge in [-0.3, -0.25) is 10.00 Å². The van der Waals surface area contributed by atoms with E-state index in [0.29, 0.717) is 4.77 Å². The number of hydrogen-bond acceptors (Lipinski definition) is 3. The first-order valence-corrected chi connectivity index (χ1v) is 8.77. The lowest BCUT2D eigenvalue weighted by Crippen LogP contribution is -2.47. The Morgan fingerprint density at radius 1 is 1.19 bits per heavy atom. The van der Waals surface area contributed by atoms with Gasteiger partial charge in [-0.1, -0.05) is 33.6 Å². The molecule has 5 heteroatoms. The lowest BCUT2D eigenvalue weighted by molar-refractivity contribution is 0.0322. The molecule has 2 aliphatic rings. The van der Waals surface area contributed by atoms with E-state index in [-0.39, 0.29) is 5.41 Å². The second-order valence-corrected chi connectivity index (χ2v) is 8.11. The third kappa shape index (κ3) is 3.24. The van der Waals surface area contributed by atoms with Gasteiger partial charge in [0.2, 0.25) is 4.77 Å². The fourth-order valence-corrected chi connectivity index (χ4v) is 4.07. The monoisotopic (exact) mass is 308 g/mol. The third-order valence-corrected chi connectivity index (χ3v) is 5.38. The van der Waals surface area contributed by atoms with E-state index < -0.39 is 0 Å². The van der Waals surface area contributed by atoms with E-state index in [1.54, 1.807) is 0 Å². The first kappa shape index (κ1) is 15.2. The van der Waals surface area contributed by atoms with E-state index in [2.05, 4.69) is 40.4 Å². The number of hydrogen-bond donors (Lipinski definition) is 1. The van der Waals surface area contributed by atoms with Crippen molar-refractivity contribution in [2.24, 2.45) is 5.92 Å². The predicted octanol–water partition coefficient (Wildman–Crippen LogP) is 3.85. The quantitative estimate of drug-likeness (QED) is 0.843. The van der Waals surface area contributed by atoms with Crippen molar-refractivity contribution >= 4 is 12.2 Å². The molecule has 3 rings (SSSR count). The molecule has 4 nitrogen and oxygen atoms in total. The summed E-state index contributed by atoms with van der Waals surface area (Å²) in [6.07, 6.45) is 8.34. The van der Waals surface area contributed by atoms with Gasteiger partial charge in [0.15, 0.2) is 0 Å². The highest BCUT2D eigenvalue weighted by Crippen LogP contribution is 2.35. The topological polar surface area (TPSA) is 36.9 Å². The lowest BCUT2D eigenvalue weighted by Gasteiger charge is -2.44. The van der Waals surface area contributed by atoms with Crippen LogP contribution in [-0.2, 0) is 12.1 Å². The van der Waals surface area contributed by atoms with Crippen LogP contribution in [0.15, 0.2) is 0 Å². The molecular weight excluding hydrogens is 280 g/mol. The maximum absolute atomic E-state index is 5.45. The van der Waals surface area contributed by atoms with Gasteiger partial charge in [-0.05, 0) is 43.8 Å². The SMILES string of the molecule is CC(C)(C)c1nc(=S)n(CN2CCCC3CCCCC32)[nH]1. The van der Waals surface area contributed by atoms with Crippen LogP contribution in [0.25, 0.3) is 0 Å². The van der Waals surface area contributed by atoms with Crippen molar-refractivity contribution < 1.29 is 0 Å². The van der Waals surface area contributed by atoms with Crippen LogP contribution in [0.3, 0.4) is 0 Å². The normalized spacial score (nSPS) is 27.6. The molecule has 1 saturated heterocycles. The van der Waals surface area contributed by atoms with Crippen molar-refractivity contribution in [2.75, 3.05) is 6.54 Å². The molecule has 0 aromatic carbocycles. The Bertz CT molecular complexity index is 537. The van der Waals surface area contributed by atoms with Crippen molar-refractivity contribution in [1.29, 1.82) is 0 Å². The minimum Gasteiger partial charge on any atom is -0.281 e. The first-order chi connectivity index (χ1) is 9.95. The summed E-state index contributed by atoms with van der Waals surface area (Å²) in [4.78, 5) is 7.18. The van der Waals surface area contributed by atoms with Crippen LogP contribution in [0, 0.1) is 10.7 Å². The fraction of sp³-hybridized carbons (Fsp3) is 0.875. The average molecular weight is 308 g/mol. The predicted molar refractivity (Wildman–Crippen MR) is 87.8 cm³/mol. The molecule has 1 aliphatic heterocycles. The van der Waals surface area contributed by atoms with Gasteiger partial charge >= 0.3 is 0 Å². The fourth-order valence-electron chi connectivity index (χ4n) is 3.87. The molecule has 2 heterocycles. The number of aromatic amines is 1. The maximum atomic E-state index is 5.45. The van der Waals surface area contributed by atoms with Gasteiger partial charge in [0, 0.05) is 18.0 Å². The lowest BCUT2D eigenvalue weighted by atomic mass is 9.78. The zero-order chi connectivity index (χ0) is 15.0. The van der Waals surface area contributed by atoms with Gasteiger partial charge in [0.1, 0.15) is 5.82 Å². The number of likely N-dealkylation sites (tertiary alicyclic amines) is 1. The van der Waals surface area contributed by atoms with Gasteiger partial charge in [0.25, 0.3) is 0 Å². The zero-order valence-electron chi connectivity index (χ0n) is 13.6. The molecule has 2 unspecified atom stereocenters. The van der Waals surface area contributed by atoms with Gasteiger partial charge in [-0.25, -0.2) is 9.67 Å². The largest absolute Gasteiger partial charge is 0.281 e. The van der Waals surface area contributed by atoms with Gasteiger partial charge in [-0.15, -0.1) is 0 Å². The van der Waals surface area contributed by atoms with Crippen LogP contribution >= 0.6 is 12.2 Å². The van der Waals surface area contributed by atoms with Crippen LogP contribution in [0.5, 0.6) is 0 Å². The molecule has 1 saturated carbocycles. The highest BCUT2D eigenvalue weighted by atomic mass is 32.1. The smallest absolute Gasteiger partial charge is 0.217 e. The van der Waals surface area contributed by atoms with Crippen molar-refractivity contribution in [3.8, 4) is 0 Å². The van der Waals surface area contributed by atoms with Crippen LogP contribution in [0.1, 0.15) is 65.1 Å². The third-order valence-electron chi connectivity index (χ3n) is 5.07. The molecule has 1 N–H and O–H groups in total. The van der Waals surface area contributed by atoms with E-state index in [1.165, 1.54) is 45.1 Å². The molecule has 1 aromatic rings. The van der Waals surface area contributed by atoms with Crippen molar-refractivity contribution in [3.05, 3.63) is 10.6 Å². The summed E-state index contributed by atoms with van der Waals surface area (Å²) in [5.74, 6) is 1.90. The molecule has 0 spiro atoms. The van der Waals surface area contributed by atoms with E-state index in [0.717, 1.165) is 24.5 Å². The molecule has 118 valence electrons. The van der Waals surface area contributed by atoms with E-state index >= 15 is 0 Å². The van der Waals surface area contributed by atoms with Crippen LogP contribution in [0.4, 0.5) is 0 Å². The second-order valence-electron chi connectivity index (χ2n) is 7.74. The molecule has 1 aliphatic carbocycles. The number of fused-ring (bicyclic) bond motifs is 1. The number of rotatable bonds is 2. The molecule has 2 fully saturated rings. The zero-order valence-corrected chi connectivity index (χ0v) is 14.4. The van der Waals surface area contributed by atoms with Gasteiger partial charge in [-0.2, -0.15) is 0 Å². The summed E-state index contributed by atoms with van der Waals surface area (Å²) in [5.41, 5.74) is 0.0219. The summed E-state index contributed by atoms with van der Waals surface area (Å²) in [6.45, 7) is 8.59. The number of piperidine rings is 1. The van der Waals surface area contributed by atoms with Crippen molar-refractivity contribution in [2.45, 2.75) is 77.4 Å². The van der Waals surface area contributed by atoms with E-state index in [4.69, 9.17) is 12.2 Å². The molecule has 0 amide bonds. The molecule has 0 radical (unpaired) electrons. The first-order valence-electron chi connectivity index (χ1n) is 8.36. The second kappa shape index (κ2) is 5.84. The van der Waals surface area contributed by atoms with Gasteiger partial charge < -0.3 is 0 Å². The Morgan fingerprint density at radius 2 is 1.90 bits per heavy atom. The number of aromatic nitrogens is 3. The van der Waals surface area contributed by atoms with E-state index in [1.807, 2.05) is 0 Å². The minimum absolute atomic E-state index is 0.0219. The number of H-pyrrole nitrogens is 1. The summed E-state index contributed by atoms with van der Waals surface area (Å²) in [6, 6.07) is 0.760. The molecule has 2 atom stereocenters. The maximum Gasteiger partial charge on any atom is 0.217 e. The van der Waals surface area contributed by atoms with Crippen molar-refractivity contribution in [3.63, 3.8) is 0 Å². The highest BCUT2D eigenvalue weighted by Gasteiger charge is 2.33. The molecule has 0 bridgehead atoms. The van der Waals surface area contributed by atoms with Crippen LogP contribution in [0.2, 0.25) is 0 Å². The Morgan fingerprint density at radius 3 is 2.62 bits per heavy atom. The van der Waals surface area contributed by atoms with Crippen LogP contribution in [-0.4, -0.2) is 32.3 Å². The Labute approximate surface area is 132 Å². The summed E-state index contributed by atoms with van der Waals surface area (Å²) >= 11 is 5.45. The van der Waals surface area contributed by atoms with E-state index in [9.17, 15) is 0 Å². The molecule has 1 aromatic heterocycles. The standard InChI is InChI=1S/C16H28N4S/c1-16(2,3)14-17-15(21)20(18-14)11-19-10-6-8-12-7-4-5-9-13(12)19/h12-13H,4-11H2,1-3H3,(H,17,18,21).